The molecule has 1 aliphatic rings. The summed E-state index contributed by atoms with van der Waals surface area (Å²) < 4.78 is 2.15. The van der Waals surface area contributed by atoms with Gasteiger partial charge in [-0.2, -0.15) is 0 Å². The number of aromatic nitrogens is 3. The molecule has 0 aromatic carbocycles. The molecule has 1 N–H and O–H groups in total. The van der Waals surface area contributed by atoms with Crippen LogP contribution in [0.25, 0.3) is 0 Å². The van der Waals surface area contributed by atoms with Gasteiger partial charge in [0.1, 0.15) is 12.2 Å². The Kier molecular flexibility index (Phi) is 4.02. The predicted octanol–water partition coefficient (Wildman–Crippen LogP) is 1.26. The van der Waals surface area contributed by atoms with E-state index in [0.29, 0.717) is 6.04 Å². The van der Waals surface area contributed by atoms with Crippen molar-refractivity contribution >= 4 is 0 Å². The van der Waals surface area contributed by atoms with Gasteiger partial charge in [-0.1, -0.05) is 6.92 Å². The third kappa shape index (κ3) is 3.29. The van der Waals surface area contributed by atoms with Crippen molar-refractivity contribution in [1.29, 1.82) is 0 Å². The molecule has 1 unspecified atom stereocenters. The summed E-state index contributed by atoms with van der Waals surface area (Å²) in [7, 11) is 0. The fourth-order valence-corrected chi connectivity index (χ4v) is 2.35. The molecule has 1 atom stereocenters. The van der Waals surface area contributed by atoms with Crippen molar-refractivity contribution < 1.29 is 0 Å². The molecule has 0 radical (unpaired) electrons. The van der Waals surface area contributed by atoms with E-state index in [9.17, 15) is 0 Å². The molecule has 18 heavy (non-hydrogen) atoms. The second-order valence-corrected chi connectivity index (χ2v) is 6.10. The number of hydrogen-bond donors (Lipinski definition) is 1. The van der Waals surface area contributed by atoms with Crippen molar-refractivity contribution in [2.45, 2.75) is 58.8 Å². The van der Waals surface area contributed by atoms with Crippen LogP contribution in [-0.2, 0) is 13.1 Å². The molecule has 0 fully saturated rings. The van der Waals surface area contributed by atoms with Crippen LogP contribution in [0, 0.1) is 0 Å². The SMILES string of the molecule is CCC(CNC(C)(C)C)N1CCn2cnnc2C1. The van der Waals surface area contributed by atoms with E-state index >= 15 is 0 Å². The second-order valence-electron chi connectivity index (χ2n) is 6.10. The highest BCUT2D eigenvalue weighted by Gasteiger charge is 2.24. The van der Waals surface area contributed by atoms with Gasteiger partial charge in [0.2, 0.25) is 0 Å². The van der Waals surface area contributed by atoms with Crippen LogP contribution < -0.4 is 5.32 Å². The van der Waals surface area contributed by atoms with E-state index in [0.717, 1.165) is 38.4 Å². The van der Waals surface area contributed by atoms with Gasteiger partial charge >= 0.3 is 0 Å². The molecule has 1 aliphatic heterocycles. The monoisotopic (exact) mass is 251 g/mol. The van der Waals surface area contributed by atoms with Crippen LogP contribution in [0.15, 0.2) is 6.33 Å². The number of fused-ring (bicyclic) bond motifs is 1. The van der Waals surface area contributed by atoms with Gasteiger partial charge < -0.3 is 9.88 Å². The van der Waals surface area contributed by atoms with Gasteiger partial charge in [0.05, 0.1) is 6.54 Å². The first-order valence-corrected chi connectivity index (χ1v) is 6.85. The van der Waals surface area contributed by atoms with E-state index in [2.05, 4.69) is 52.7 Å². The van der Waals surface area contributed by atoms with E-state index in [1.807, 2.05) is 6.33 Å². The van der Waals surface area contributed by atoms with Gasteiger partial charge in [0.25, 0.3) is 0 Å². The Hall–Kier alpha value is -0.940. The summed E-state index contributed by atoms with van der Waals surface area (Å²) in [6, 6.07) is 0.578. The summed E-state index contributed by atoms with van der Waals surface area (Å²) in [6.45, 7) is 13.0. The largest absolute Gasteiger partial charge is 0.315 e. The first kappa shape index (κ1) is 13.5. The van der Waals surface area contributed by atoms with E-state index in [-0.39, 0.29) is 5.54 Å². The molecule has 2 heterocycles. The first-order chi connectivity index (χ1) is 8.49. The molecular formula is C13H25N5. The Balaban J connectivity index is 1.94. The fraction of sp³-hybridized carbons (Fsp3) is 0.846. The number of nitrogens with one attached hydrogen (secondary N) is 1. The third-order valence-electron chi connectivity index (χ3n) is 3.52. The van der Waals surface area contributed by atoms with Crippen molar-refractivity contribution in [3.63, 3.8) is 0 Å². The molecule has 0 spiro atoms. The van der Waals surface area contributed by atoms with Crippen molar-refractivity contribution in [1.82, 2.24) is 25.0 Å². The molecule has 0 aliphatic carbocycles. The smallest absolute Gasteiger partial charge is 0.147 e. The van der Waals surface area contributed by atoms with Crippen LogP contribution in [0.1, 0.15) is 39.9 Å². The molecule has 5 nitrogen and oxygen atoms in total. The van der Waals surface area contributed by atoms with Gasteiger partial charge in [0.15, 0.2) is 0 Å². The van der Waals surface area contributed by atoms with Crippen LogP contribution in [0.5, 0.6) is 0 Å². The van der Waals surface area contributed by atoms with Crippen molar-refractivity contribution in [3.8, 4) is 0 Å². The highest BCUT2D eigenvalue weighted by molar-refractivity contribution is 4.92. The van der Waals surface area contributed by atoms with Gasteiger partial charge in [-0.25, -0.2) is 0 Å². The summed E-state index contributed by atoms with van der Waals surface area (Å²) in [5.41, 5.74) is 0.184. The quantitative estimate of drug-likeness (QED) is 0.875. The second kappa shape index (κ2) is 5.36. The molecule has 2 rings (SSSR count). The molecular weight excluding hydrogens is 226 g/mol. The van der Waals surface area contributed by atoms with E-state index in [4.69, 9.17) is 0 Å². The highest BCUT2D eigenvalue weighted by atomic mass is 15.3. The first-order valence-electron chi connectivity index (χ1n) is 6.85. The molecule has 1 aromatic heterocycles. The van der Waals surface area contributed by atoms with E-state index in [1.165, 1.54) is 0 Å². The van der Waals surface area contributed by atoms with Gasteiger partial charge in [-0.3, -0.25) is 4.90 Å². The van der Waals surface area contributed by atoms with Gasteiger partial charge in [0, 0.05) is 31.2 Å². The van der Waals surface area contributed by atoms with Crippen LogP contribution in [0.3, 0.4) is 0 Å². The zero-order valence-corrected chi connectivity index (χ0v) is 12.0. The summed E-state index contributed by atoms with van der Waals surface area (Å²) in [5.74, 6) is 1.09. The van der Waals surface area contributed by atoms with E-state index in [1.54, 1.807) is 0 Å². The average Bonchev–Trinajstić information content (AvgIpc) is 2.75. The van der Waals surface area contributed by atoms with Crippen LogP contribution in [0.4, 0.5) is 0 Å². The Morgan fingerprint density at radius 2 is 2.17 bits per heavy atom. The topological polar surface area (TPSA) is 46.0 Å². The van der Waals surface area contributed by atoms with Crippen molar-refractivity contribution in [2.24, 2.45) is 0 Å². The Morgan fingerprint density at radius 1 is 1.39 bits per heavy atom. The Bertz CT molecular complexity index is 379. The van der Waals surface area contributed by atoms with Crippen LogP contribution in [-0.4, -0.2) is 44.3 Å². The summed E-state index contributed by atoms with van der Waals surface area (Å²) in [6.07, 6.45) is 3.00. The molecule has 5 heteroatoms. The molecule has 0 amide bonds. The molecule has 0 saturated carbocycles. The molecule has 102 valence electrons. The normalized spacial score (nSPS) is 18.7. The maximum absolute atomic E-state index is 4.18. The maximum Gasteiger partial charge on any atom is 0.147 e. The summed E-state index contributed by atoms with van der Waals surface area (Å²) >= 11 is 0. The van der Waals surface area contributed by atoms with Crippen molar-refractivity contribution in [3.05, 3.63) is 12.2 Å². The Morgan fingerprint density at radius 3 is 2.83 bits per heavy atom. The molecule has 0 bridgehead atoms. The maximum atomic E-state index is 4.18. The predicted molar refractivity (Wildman–Crippen MR) is 72.3 cm³/mol. The number of nitrogens with zero attached hydrogens (tertiary/aromatic N) is 4. The lowest BCUT2D eigenvalue weighted by atomic mass is 10.1. The zero-order chi connectivity index (χ0) is 13.2. The molecule has 1 aromatic rings. The minimum Gasteiger partial charge on any atom is -0.315 e. The van der Waals surface area contributed by atoms with Gasteiger partial charge in [-0.15, -0.1) is 10.2 Å². The lowest BCUT2D eigenvalue weighted by Gasteiger charge is -2.35. The minimum absolute atomic E-state index is 0.184. The van der Waals surface area contributed by atoms with Crippen LogP contribution in [0.2, 0.25) is 0 Å². The van der Waals surface area contributed by atoms with Gasteiger partial charge in [-0.05, 0) is 27.2 Å². The van der Waals surface area contributed by atoms with Crippen molar-refractivity contribution in [2.75, 3.05) is 13.1 Å². The lowest BCUT2D eigenvalue weighted by Crippen LogP contribution is -2.49. The number of rotatable bonds is 4. The minimum atomic E-state index is 0.184. The Labute approximate surface area is 110 Å². The standard InChI is InChI=1S/C13H25N5/c1-5-11(8-14-13(2,3)4)17-6-7-18-10-15-16-12(18)9-17/h10-11,14H,5-9H2,1-4H3. The zero-order valence-electron chi connectivity index (χ0n) is 12.0. The van der Waals surface area contributed by atoms with E-state index < -0.39 is 0 Å². The summed E-state index contributed by atoms with van der Waals surface area (Å²) in [4.78, 5) is 2.52. The lowest BCUT2D eigenvalue weighted by molar-refractivity contribution is 0.139. The summed E-state index contributed by atoms with van der Waals surface area (Å²) in [5, 5.41) is 11.8. The highest BCUT2D eigenvalue weighted by Crippen LogP contribution is 2.14. The average molecular weight is 251 g/mol. The molecule has 0 saturated heterocycles. The van der Waals surface area contributed by atoms with Crippen LogP contribution >= 0.6 is 0 Å². The third-order valence-corrected chi connectivity index (χ3v) is 3.52. The fourth-order valence-electron chi connectivity index (χ4n) is 2.35. The number of hydrogen-bond acceptors (Lipinski definition) is 4.